The number of aryl methyl sites for hydroxylation is 2. The Morgan fingerprint density at radius 1 is 1.14 bits per heavy atom. The first kappa shape index (κ1) is 14.3. The highest BCUT2D eigenvalue weighted by atomic mass is 15.0. The summed E-state index contributed by atoms with van der Waals surface area (Å²) in [5, 5.41) is 3.88. The quantitative estimate of drug-likeness (QED) is 0.902. The number of hydrogen-bond donors (Lipinski definition) is 1. The van der Waals surface area contributed by atoms with Crippen molar-refractivity contribution in [1.29, 1.82) is 0 Å². The third-order valence-corrected chi connectivity index (χ3v) is 4.52. The Morgan fingerprint density at radius 2 is 1.95 bits per heavy atom. The predicted molar refractivity (Wildman–Crippen MR) is 87.4 cm³/mol. The molecule has 1 fully saturated rings. The lowest BCUT2D eigenvalue weighted by atomic mass is 9.93. The van der Waals surface area contributed by atoms with E-state index in [1.807, 2.05) is 18.5 Å². The van der Waals surface area contributed by atoms with Crippen LogP contribution in [0, 0.1) is 13.8 Å². The van der Waals surface area contributed by atoms with Gasteiger partial charge in [0.25, 0.3) is 0 Å². The molecule has 1 aliphatic rings. The van der Waals surface area contributed by atoms with Gasteiger partial charge >= 0.3 is 0 Å². The van der Waals surface area contributed by atoms with Crippen molar-refractivity contribution < 1.29 is 0 Å². The Labute approximate surface area is 127 Å². The normalized spacial score (nSPS) is 17.0. The van der Waals surface area contributed by atoms with Gasteiger partial charge in [0.2, 0.25) is 0 Å². The Hall–Kier alpha value is -1.67. The summed E-state index contributed by atoms with van der Waals surface area (Å²) >= 11 is 0. The number of pyridine rings is 1. The molecule has 21 heavy (non-hydrogen) atoms. The fourth-order valence-electron chi connectivity index (χ4n) is 3.31. The highest BCUT2D eigenvalue weighted by molar-refractivity contribution is 5.38. The monoisotopic (exact) mass is 280 g/mol. The smallest absolute Gasteiger partial charge is 0.0596 e. The first-order valence-electron chi connectivity index (χ1n) is 7.97. The molecule has 0 bridgehead atoms. The molecule has 3 rings (SSSR count). The second-order valence-electron chi connectivity index (χ2n) is 6.23. The van der Waals surface area contributed by atoms with Gasteiger partial charge in [-0.3, -0.25) is 4.98 Å². The Bertz CT molecular complexity index is 586. The average Bonchev–Trinajstić information content (AvgIpc) is 3.01. The van der Waals surface area contributed by atoms with Gasteiger partial charge in [0.05, 0.1) is 6.04 Å². The van der Waals surface area contributed by atoms with Gasteiger partial charge < -0.3 is 5.32 Å². The number of hydrogen-bond acceptors (Lipinski definition) is 2. The largest absolute Gasteiger partial charge is 0.303 e. The molecule has 1 aromatic heterocycles. The zero-order chi connectivity index (χ0) is 14.7. The molecule has 1 aliphatic carbocycles. The highest BCUT2D eigenvalue weighted by Gasteiger charge is 2.22. The molecule has 1 N–H and O–H groups in total. The fourth-order valence-corrected chi connectivity index (χ4v) is 3.31. The third kappa shape index (κ3) is 3.33. The van der Waals surface area contributed by atoms with Crippen LogP contribution in [0.15, 0.2) is 42.7 Å². The van der Waals surface area contributed by atoms with Gasteiger partial charge in [-0.05, 0) is 49.4 Å². The number of nitrogens with zero attached hydrogens (tertiary/aromatic N) is 1. The minimum Gasteiger partial charge on any atom is -0.303 e. The summed E-state index contributed by atoms with van der Waals surface area (Å²) in [6.07, 6.45) is 9.13. The van der Waals surface area contributed by atoms with Crippen molar-refractivity contribution in [3.05, 3.63) is 65.0 Å². The minimum absolute atomic E-state index is 0.252. The van der Waals surface area contributed by atoms with Gasteiger partial charge in [-0.25, -0.2) is 0 Å². The van der Waals surface area contributed by atoms with E-state index in [2.05, 4.69) is 48.4 Å². The Kier molecular flexibility index (Phi) is 4.35. The van der Waals surface area contributed by atoms with Gasteiger partial charge in [-0.2, -0.15) is 0 Å². The summed E-state index contributed by atoms with van der Waals surface area (Å²) in [6.45, 7) is 4.37. The van der Waals surface area contributed by atoms with E-state index >= 15 is 0 Å². The molecule has 0 spiro atoms. The molecule has 0 amide bonds. The van der Waals surface area contributed by atoms with Crippen molar-refractivity contribution in [2.75, 3.05) is 0 Å². The van der Waals surface area contributed by atoms with E-state index in [4.69, 9.17) is 0 Å². The van der Waals surface area contributed by atoms with E-state index in [9.17, 15) is 0 Å². The van der Waals surface area contributed by atoms with Gasteiger partial charge in [0.15, 0.2) is 0 Å². The Balaban J connectivity index is 1.96. The van der Waals surface area contributed by atoms with Crippen LogP contribution in [0.5, 0.6) is 0 Å². The molecule has 0 aliphatic heterocycles. The van der Waals surface area contributed by atoms with Crippen LogP contribution in [0.25, 0.3) is 0 Å². The number of aromatic nitrogens is 1. The molecular weight excluding hydrogens is 256 g/mol. The van der Waals surface area contributed by atoms with Gasteiger partial charge in [-0.15, -0.1) is 0 Å². The number of nitrogens with one attached hydrogen (secondary N) is 1. The van der Waals surface area contributed by atoms with E-state index in [0.717, 1.165) is 0 Å². The van der Waals surface area contributed by atoms with E-state index in [-0.39, 0.29) is 6.04 Å². The summed E-state index contributed by atoms with van der Waals surface area (Å²) < 4.78 is 0. The van der Waals surface area contributed by atoms with Crippen LogP contribution in [-0.2, 0) is 0 Å². The van der Waals surface area contributed by atoms with Crippen LogP contribution in [0.2, 0.25) is 0 Å². The van der Waals surface area contributed by atoms with Gasteiger partial charge in [0, 0.05) is 18.4 Å². The minimum atomic E-state index is 0.252. The van der Waals surface area contributed by atoms with E-state index in [0.29, 0.717) is 6.04 Å². The molecule has 1 heterocycles. The zero-order valence-electron chi connectivity index (χ0n) is 13.0. The Morgan fingerprint density at radius 3 is 2.67 bits per heavy atom. The molecule has 110 valence electrons. The van der Waals surface area contributed by atoms with Crippen LogP contribution in [0.4, 0.5) is 0 Å². The molecule has 0 radical (unpaired) electrons. The summed E-state index contributed by atoms with van der Waals surface area (Å²) in [4.78, 5) is 4.32. The van der Waals surface area contributed by atoms with Crippen LogP contribution >= 0.6 is 0 Å². The maximum atomic E-state index is 4.32. The second-order valence-corrected chi connectivity index (χ2v) is 6.23. The fraction of sp³-hybridized carbons (Fsp3) is 0.421. The van der Waals surface area contributed by atoms with Crippen LogP contribution in [-0.4, -0.2) is 11.0 Å². The van der Waals surface area contributed by atoms with Crippen molar-refractivity contribution >= 4 is 0 Å². The predicted octanol–water partition coefficient (Wildman–Crippen LogP) is 4.32. The molecule has 2 heteroatoms. The highest BCUT2D eigenvalue weighted by Crippen LogP contribution is 2.29. The van der Waals surface area contributed by atoms with Crippen LogP contribution in [0.3, 0.4) is 0 Å². The zero-order valence-corrected chi connectivity index (χ0v) is 13.0. The van der Waals surface area contributed by atoms with Gasteiger partial charge in [-0.1, -0.05) is 42.7 Å². The molecule has 0 saturated heterocycles. The number of benzene rings is 1. The van der Waals surface area contributed by atoms with Crippen molar-refractivity contribution in [2.24, 2.45) is 0 Å². The molecule has 1 aromatic carbocycles. The van der Waals surface area contributed by atoms with Crippen molar-refractivity contribution in [2.45, 2.75) is 51.6 Å². The lowest BCUT2D eigenvalue weighted by Gasteiger charge is -2.25. The van der Waals surface area contributed by atoms with Crippen molar-refractivity contribution in [3.8, 4) is 0 Å². The molecule has 1 saturated carbocycles. The third-order valence-electron chi connectivity index (χ3n) is 4.52. The summed E-state index contributed by atoms with van der Waals surface area (Å²) in [5.41, 5.74) is 5.31. The molecular formula is C19H24N2. The molecule has 1 atom stereocenters. The van der Waals surface area contributed by atoms with E-state index in [1.54, 1.807) is 0 Å². The first-order valence-corrected chi connectivity index (χ1v) is 7.97. The maximum absolute atomic E-state index is 4.32. The van der Waals surface area contributed by atoms with E-state index in [1.165, 1.54) is 47.9 Å². The average molecular weight is 280 g/mol. The first-order chi connectivity index (χ1) is 10.2. The van der Waals surface area contributed by atoms with Crippen LogP contribution in [0.1, 0.15) is 54.0 Å². The SMILES string of the molecule is Cc1ccc(C)c([C@H](NC2CCCC2)c2cccnc2)c1. The topological polar surface area (TPSA) is 24.9 Å². The molecule has 2 nitrogen and oxygen atoms in total. The lowest BCUT2D eigenvalue weighted by molar-refractivity contribution is 0.477. The molecule has 2 aromatic rings. The second kappa shape index (κ2) is 6.40. The van der Waals surface area contributed by atoms with E-state index < -0.39 is 0 Å². The van der Waals surface area contributed by atoms with Gasteiger partial charge in [0.1, 0.15) is 0 Å². The van der Waals surface area contributed by atoms with Crippen molar-refractivity contribution in [3.63, 3.8) is 0 Å². The summed E-state index contributed by atoms with van der Waals surface area (Å²) in [5.74, 6) is 0. The lowest BCUT2D eigenvalue weighted by Crippen LogP contribution is -2.32. The number of rotatable bonds is 4. The summed E-state index contributed by atoms with van der Waals surface area (Å²) in [6, 6.07) is 11.8. The molecule has 0 unspecified atom stereocenters. The van der Waals surface area contributed by atoms with Crippen molar-refractivity contribution in [1.82, 2.24) is 10.3 Å². The summed E-state index contributed by atoms with van der Waals surface area (Å²) in [7, 11) is 0. The standard InChI is InChI=1S/C19H24N2/c1-14-9-10-15(2)18(12-14)19(16-6-5-11-20-13-16)21-17-7-3-4-8-17/h5-6,9-13,17,19,21H,3-4,7-8H2,1-2H3/t19-/m1/s1. The maximum Gasteiger partial charge on any atom is 0.0596 e. The van der Waals surface area contributed by atoms with Crippen LogP contribution < -0.4 is 5.32 Å².